The van der Waals surface area contributed by atoms with Crippen LogP contribution in [-0.2, 0) is 6.42 Å². The number of benzene rings is 1. The van der Waals surface area contributed by atoms with Crippen molar-refractivity contribution in [2.24, 2.45) is 0 Å². The molecule has 7 nitrogen and oxygen atoms in total. The molecule has 0 saturated heterocycles. The number of aromatic nitrogens is 3. The highest BCUT2D eigenvalue weighted by atomic mass is 16.5. The number of amides is 1. The highest BCUT2D eigenvalue weighted by Gasteiger charge is 2.30. The number of carbonyl (C=O) groups is 1. The Hall–Kier alpha value is -2.96. The lowest BCUT2D eigenvalue weighted by Crippen LogP contribution is -2.27. The van der Waals surface area contributed by atoms with E-state index in [-0.39, 0.29) is 17.7 Å². The normalized spacial score (nSPS) is 18.7. The Labute approximate surface area is 149 Å². The minimum atomic E-state index is -0.228. The molecule has 3 aromatic rings. The number of fused-ring (bicyclic) bond motifs is 1. The maximum absolute atomic E-state index is 12.4. The maximum Gasteiger partial charge on any atom is 0.290 e. The van der Waals surface area contributed by atoms with E-state index in [9.17, 15) is 4.79 Å². The SMILES string of the molecule is Cc1cnoc1C(=O)N[C@@H]1CCc2cc(-c3noc(C4CC4)n3)ccc21. The fourth-order valence-corrected chi connectivity index (χ4v) is 3.49. The average Bonchev–Trinajstić information content (AvgIpc) is 3.05. The molecule has 1 aromatic carbocycles. The first kappa shape index (κ1) is 15.3. The van der Waals surface area contributed by atoms with Crippen molar-refractivity contribution in [1.82, 2.24) is 20.6 Å². The highest BCUT2D eigenvalue weighted by Crippen LogP contribution is 2.40. The van der Waals surface area contributed by atoms with Gasteiger partial charge < -0.3 is 14.4 Å². The summed E-state index contributed by atoms with van der Waals surface area (Å²) in [5.74, 6) is 1.88. The summed E-state index contributed by atoms with van der Waals surface area (Å²) in [7, 11) is 0. The van der Waals surface area contributed by atoms with Crippen molar-refractivity contribution in [3.63, 3.8) is 0 Å². The van der Waals surface area contributed by atoms with Crippen LogP contribution >= 0.6 is 0 Å². The number of hydrogen-bond acceptors (Lipinski definition) is 6. The Kier molecular flexibility index (Phi) is 3.41. The molecule has 7 heteroatoms. The third kappa shape index (κ3) is 2.60. The van der Waals surface area contributed by atoms with Gasteiger partial charge in [0.15, 0.2) is 0 Å². The molecule has 0 aliphatic heterocycles. The summed E-state index contributed by atoms with van der Waals surface area (Å²) in [4.78, 5) is 16.9. The first-order valence-corrected chi connectivity index (χ1v) is 8.88. The van der Waals surface area contributed by atoms with E-state index in [0.717, 1.165) is 48.3 Å². The monoisotopic (exact) mass is 350 g/mol. The minimum absolute atomic E-state index is 0.0247. The minimum Gasteiger partial charge on any atom is -0.351 e. The van der Waals surface area contributed by atoms with Gasteiger partial charge in [-0.2, -0.15) is 4.98 Å². The Morgan fingerprint density at radius 2 is 2.12 bits per heavy atom. The zero-order valence-corrected chi connectivity index (χ0v) is 14.4. The van der Waals surface area contributed by atoms with Gasteiger partial charge in [-0.15, -0.1) is 0 Å². The van der Waals surface area contributed by atoms with Crippen molar-refractivity contribution >= 4 is 5.91 Å². The van der Waals surface area contributed by atoms with E-state index in [4.69, 9.17) is 9.05 Å². The Balaban J connectivity index is 1.36. The molecule has 5 rings (SSSR count). The van der Waals surface area contributed by atoms with E-state index in [1.807, 2.05) is 12.1 Å². The fourth-order valence-electron chi connectivity index (χ4n) is 3.49. The largest absolute Gasteiger partial charge is 0.351 e. The summed E-state index contributed by atoms with van der Waals surface area (Å²) in [6.07, 6.45) is 5.58. The zero-order valence-electron chi connectivity index (χ0n) is 14.4. The van der Waals surface area contributed by atoms with Crippen LogP contribution < -0.4 is 5.32 Å². The molecule has 1 amide bonds. The molecule has 0 spiro atoms. The van der Waals surface area contributed by atoms with Gasteiger partial charge >= 0.3 is 0 Å². The lowest BCUT2D eigenvalue weighted by Gasteiger charge is -2.13. The van der Waals surface area contributed by atoms with E-state index in [1.165, 1.54) is 5.56 Å². The van der Waals surface area contributed by atoms with Crippen LogP contribution in [0.5, 0.6) is 0 Å². The molecule has 2 heterocycles. The predicted octanol–water partition coefficient (Wildman–Crippen LogP) is 3.33. The molecule has 132 valence electrons. The van der Waals surface area contributed by atoms with Gasteiger partial charge in [-0.3, -0.25) is 4.79 Å². The van der Waals surface area contributed by atoms with Crippen LogP contribution in [0.4, 0.5) is 0 Å². The van der Waals surface area contributed by atoms with Crippen LogP contribution in [0.15, 0.2) is 33.4 Å². The number of nitrogens with zero attached hydrogens (tertiary/aromatic N) is 3. The predicted molar refractivity (Wildman–Crippen MR) is 91.5 cm³/mol. The standard InChI is InChI=1S/C19H18N4O3/c1-10-9-20-25-16(10)18(24)21-15-7-5-12-8-13(4-6-14(12)15)17-22-19(26-23-17)11-2-3-11/h4,6,8-9,11,15H,2-3,5,7H2,1H3,(H,21,24)/t15-/m1/s1. The van der Waals surface area contributed by atoms with Gasteiger partial charge in [-0.1, -0.05) is 22.4 Å². The van der Waals surface area contributed by atoms with Gasteiger partial charge in [0.25, 0.3) is 5.91 Å². The third-order valence-electron chi connectivity index (χ3n) is 5.11. The van der Waals surface area contributed by atoms with Gasteiger partial charge in [0.1, 0.15) is 0 Å². The molecular weight excluding hydrogens is 332 g/mol. The van der Waals surface area contributed by atoms with Gasteiger partial charge in [0.05, 0.1) is 12.2 Å². The molecule has 1 atom stereocenters. The smallest absolute Gasteiger partial charge is 0.290 e. The van der Waals surface area contributed by atoms with E-state index < -0.39 is 0 Å². The van der Waals surface area contributed by atoms with Crippen molar-refractivity contribution in [2.75, 3.05) is 0 Å². The summed E-state index contributed by atoms with van der Waals surface area (Å²) in [6.45, 7) is 1.81. The van der Waals surface area contributed by atoms with E-state index in [1.54, 1.807) is 13.1 Å². The van der Waals surface area contributed by atoms with Crippen molar-refractivity contribution in [3.05, 3.63) is 52.7 Å². The van der Waals surface area contributed by atoms with Crippen LogP contribution in [0.3, 0.4) is 0 Å². The summed E-state index contributed by atoms with van der Waals surface area (Å²) in [5.41, 5.74) is 4.03. The maximum atomic E-state index is 12.4. The number of aryl methyl sites for hydroxylation is 2. The van der Waals surface area contributed by atoms with Gasteiger partial charge in [-0.25, -0.2) is 0 Å². The van der Waals surface area contributed by atoms with Crippen LogP contribution in [-0.4, -0.2) is 21.2 Å². The topological polar surface area (TPSA) is 94.1 Å². The number of hydrogen-bond donors (Lipinski definition) is 1. The Morgan fingerprint density at radius 1 is 1.23 bits per heavy atom. The van der Waals surface area contributed by atoms with Crippen LogP contribution in [0.2, 0.25) is 0 Å². The average molecular weight is 350 g/mol. The van der Waals surface area contributed by atoms with Gasteiger partial charge in [0.2, 0.25) is 17.5 Å². The summed E-state index contributed by atoms with van der Waals surface area (Å²) in [5, 5.41) is 10.8. The second-order valence-corrected chi connectivity index (χ2v) is 7.05. The summed E-state index contributed by atoms with van der Waals surface area (Å²) < 4.78 is 10.4. The molecule has 1 saturated carbocycles. The summed E-state index contributed by atoms with van der Waals surface area (Å²) in [6, 6.07) is 6.11. The molecule has 26 heavy (non-hydrogen) atoms. The molecule has 2 aliphatic rings. The zero-order chi connectivity index (χ0) is 17.7. The van der Waals surface area contributed by atoms with E-state index in [0.29, 0.717) is 11.7 Å². The quantitative estimate of drug-likeness (QED) is 0.776. The van der Waals surface area contributed by atoms with E-state index >= 15 is 0 Å². The molecule has 0 unspecified atom stereocenters. The lowest BCUT2D eigenvalue weighted by molar-refractivity contribution is 0.0898. The van der Waals surface area contributed by atoms with Crippen molar-refractivity contribution in [2.45, 2.75) is 44.6 Å². The van der Waals surface area contributed by atoms with Crippen LogP contribution in [0, 0.1) is 6.92 Å². The Morgan fingerprint density at radius 3 is 2.88 bits per heavy atom. The molecule has 2 aliphatic carbocycles. The second-order valence-electron chi connectivity index (χ2n) is 7.05. The third-order valence-corrected chi connectivity index (χ3v) is 5.11. The lowest BCUT2D eigenvalue weighted by atomic mass is 10.0. The van der Waals surface area contributed by atoms with Crippen molar-refractivity contribution in [1.29, 1.82) is 0 Å². The van der Waals surface area contributed by atoms with Crippen LogP contribution in [0.1, 0.15) is 64.4 Å². The molecule has 2 aromatic heterocycles. The first-order chi connectivity index (χ1) is 12.7. The van der Waals surface area contributed by atoms with Gasteiger partial charge in [-0.05, 0) is 49.8 Å². The van der Waals surface area contributed by atoms with Crippen molar-refractivity contribution in [3.8, 4) is 11.4 Å². The molecule has 1 N–H and O–H groups in total. The van der Waals surface area contributed by atoms with E-state index in [2.05, 4.69) is 26.7 Å². The van der Waals surface area contributed by atoms with Crippen LogP contribution in [0.25, 0.3) is 11.4 Å². The highest BCUT2D eigenvalue weighted by molar-refractivity contribution is 5.93. The molecule has 1 fully saturated rings. The number of rotatable bonds is 4. The molecule has 0 radical (unpaired) electrons. The fraction of sp³-hybridized carbons (Fsp3) is 0.368. The van der Waals surface area contributed by atoms with Crippen molar-refractivity contribution < 1.29 is 13.8 Å². The number of nitrogens with one attached hydrogen (secondary N) is 1. The molecular formula is C19H18N4O3. The van der Waals surface area contributed by atoms with Gasteiger partial charge in [0, 0.05) is 17.0 Å². The second kappa shape index (κ2) is 5.79. The first-order valence-electron chi connectivity index (χ1n) is 8.88. The molecule has 0 bridgehead atoms. The number of carbonyl (C=O) groups excluding carboxylic acids is 1. The summed E-state index contributed by atoms with van der Waals surface area (Å²) >= 11 is 0. The Bertz CT molecular complexity index is 986.